The highest BCUT2D eigenvalue weighted by atomic mass is 19.4. The Labute approximate surface area is 144 Å². The zero-order chi connectivity index (χ0) is 18.4. The van der Waals surface area contributed by atoms with E-state index in [9.17, 15) is 18.0 Å². The van der Waals surface area contributed by atoms with Crippen molar-refractivity contribution in [3.63, 3.8) is 0 Å². The molecule has 0 bridgehead atoms. The lowest BCUT2D eigenvalue weighted by Gasteiger charge is -2.29. The Bertz CT molecular complexity index is 791. The van der Waals surface area contributed by atoms with E-state index >= 15 is 0 Å². The van der Waals surface area contributed by atoms with Gasteiger partial charge < -0.3 is 4.57 Å². The summed E-state index contributed by atoms with van der Waals surface area (Å²) in [5, 5.41) is 2.82. The highest BCUT2D eigenvalue weighted by molar-refractivity contribution is 5.93. The predicted molar refractivity (Wildman–Crippen MR) is 90.3 cm³/mol. The molecule has 1 heterocycles. The van der Waals surface area contributed by atoms with Crippen LogP contribution in [0.25, 0.3) is 11.0 Å². The average Bonchev–Trinajstić information content (AvgIpc) is 2.81. The lowest BCUT2D eigenvalue weighted by molar-refractivity contribution is -0.137. The first-order chi connectivity index (χ1) is 11.7. The number of fused-ring (bicyclic) bond motifs is 1. The zero-order valence-electron chi connectivity index (χ0n) is 14.5. The maximum atomic E-state index is 13.1. The van der Waals surface area contributed by atoms with E-state index in [1.165, 1.54) is 6.07 Å². The van der Waals surface area contributed by atoms with E-state index < -0.39 is 11.7 Å². The topological polar surface area (TPSA) is 46.9 Å². The van der Waals surface area contributed by atoms with Crippen LogP contribution in [0.3, 0.4) is 0 Å². The SMILES string of the molecule is CC(C)[C@H](C)C(=O)Nc1nc2ccc(C(F)(F)F)cc2n1C1CCC1. The maximum absolute atomic E-state index is 13.1. The fourth-order valence-electron chi connectivity index (χ4n) is 2.90. The third-order valence-corrected chi connectivity index (χ3v) is 5.11. The molecule has 136 valence electrons. The predicted octanol–water partition coefficient (Wildman–Crippen LogP) is 5.01. The fourth-order valence-corrected chi connectivity index (χ4v) is 2.90. The van der Waals surface area contributed by atoms with Gasteiger partial charge >= 0.3 is 6.18 Å². The molecule has 3 rings (SSSR count). The first-order valence-electron chi connectivity index (χ1n) is 8.58. The molecule has 1 aromatic heterocycles. The molecule has 4 nitrogen and oxygen atoms in total. The minimum absolute atomic E-state index is 0.0816. The number of hydrogen-bond acceptors (Lipinski definition) is 2. The highest BCUT2D eigenvalue weighted by Gasteiger charge is 2.33. The molecular formula is C18H22F3N3O. The Hall–Kier alpha value is -2.05. The fraction of sp³-hybridized carbons (Fsp3) is 0.556. The van der Waals surface area contributed by atoms with E-state index in [0.717, 1.165) is 31.4 Å². The summed E-state index contributed by atoms with van der Waals surface area (Å²) in [7, 11) is 0. The molecule has 1 aliphatic carbocycles. The average molecular weight is 353 g/mol. The molecule has 1 aromatic carbocycles. The molecule has 0 radical (unpaired) electrons. The summed E-state index contributed by atoms with van der Waals surface area (Å²) in [6.07, 6.45) is -1.62. The van der Waals surface area contributed by atoms with Gasteiger partial charge in [0.15, 0.2) is 0 Å². The van der Waals surface area contributed by atoms with Crippen LogP contribution in [-0.4, -0.2) is 15.5 Å². The number of rotatable bonds is 4. The number of carbonyl (C=O) groups is 1. The number of benzene rings is 1. The molecule has 0 saturated heterocycles. The van der Waals surface area contributed by atoms with E-state index in [-0.39, 0.29) is 23.8 Å². The van der Waals surface area contributed by atoms with Gasteiger partial charge in [-0.2, -0.15) is 13.2 Å². The molecule has 25 heavy (non-hydrogen) atoms. The standard InChI is InChI=1S/C18H22F3N3O/c1-10(2)11(3)16(25)23-17-22-14-8-7-12(18(19,20)21)9-15(14)24(17)13-5-4-6-13/h7-11,13H,4-6H2,1-3H3,(H,22,23,25)/t11-/m0/s1. The number of nitrogens with one attached hydrogen (secondary N) is 1. The molecular weight excluding hydrogens is 331 g/mol. The van der Waals surface area contributed by atoms with Gasteiger partial charge in [-0.3, -0.25) is 10.1 Å². The largest absolute Gasteiger partial charge is 0.416 e. The van der Waals surface area contributed by atoms with Crippen LogP contribution in [0.2, 0.25) is 0 Å². The van der Waals surface area contributed by atoms with Crippen molar-refractivity contribution in [2.75, 3.05) is 5.32 Å². The molecule has 1 amide bonds. The van der Waals surface area contributed by atoms with Crippen molar-refractivity contribution < 1.29 is 18.0 Å². The van der Waals surface area contributed by atoms with E-state index in [0.29, 0.717) is 17.0 Å². The summed E-state index contributed by atoms with van der Waals surface area (Å²) in [4.78, 5) is 16.8. The third kappa shape index (κ3) is 3.37. The van der Waals surface area contributed by atoms with Crippen molar-refractivity contribution in [2.24, 2.45) is 11.8 Å². The van der Waals surface area contributed by atoms with Crippen molar-refractivity contribution in [2.45, 2.75) is 52.3 Å². The Morgan fingerprint density at radius 3 is 2.48 bits per heavy atom. The molecule has 1 N–H and O–H groups in total. The minimum Gasteiger partial charge on any atom is -0.307 e. The molecule has 1 saturated carbocycles. The lowest BCUT2D eigenvalue weighted by atomic mass is 9.92. The van der Waals surface area contributed by atoms with E-state index in [1.54, 1.807) is 4.57 Å². The van der Waals surface area contributed by atoms with Crippen LogP contribution in [0.5, 0.6) is 0 Å². The smallest absolute Gasteiger partial charge is 0.307 e. The van der Waals surface area contributed by atoms with E-state index in [2.05, 4.69) is 10.3 Å². The molecule has 1 aliphatic rings. The Morgan fingerprint density at radius 2 is 1.96 bits per heavy atom. The second kappa shape index (κ2) is 6.35. The summed E-state index contributed by atoms with van der Waals surface area (Å²) in [5.74, 6) is 0.136. The van der Waals surface area contributed by atoms with Crippen LogP contribution < -0.4 is 5.32 Å². The number of carbonyl (C=O) groups excluding carboxylic acids is 1. The number of nitrogens with zero attached hydrogens (tertiary/aromatic N) is 2. The van der Waals surface area contributed by atoms with Gasteiger partial charge in [0.05, 0.1) is 16.6 Å². The van der Waals surface area contributed by atoms with Crippen LogP contribution in [-0.2, 0) is 11.0 Å². The summed E-state index contributed by atoms with van der Waals surface area (Å²) < 4.78 is 40.9. The Morgan fingerprint density at radius 1 is 1.28 bits per heavy atom. The number of halogens is 3. The summed E-state index contributed by atoms with van der Waals surface area (Å²) in [6.45, 7) is 5.74. The second-order valence-electron chi connectivity index (χ2n) is 7.11. The van der Waals surface area contributed by atoms with Crippen molar-refractivity contribution in [1.82, 2.24) is 9.55 Å². The van der Waals surface area contributed by atoms with Crippen LogP contribution in [0.15, 0.2) is 18.2 Å². The maximum Gasteiger partial charge on any atom is 0.416 e. The van der Waals surface area contributed by atoms with E-state index in [4.69, 9.17) is 0 Å². The van der Waals surface area contributed by atoms with Gasteiger partial charge in [0.25, 0.3) is 0 Å². The number of imidazole rings is 1. The number of hydrogen-bond donors (Lipinski definition) is 1. The molecule has 2 aromatic rings. The highest BCUT2D eigenvalue weighted by Crippen LogP contribution is 2.39. The van der Waals surface area contributed by atoms with Crippen LogP contribution in [0.1, 0.15) is 51.6 Å². The molecule has 0 spiro atoms. The molecule has 0 unspecified atom stereocenters. The van der Waals surface area contributed by atoms with Gasteiger partial charge in [0.2, 0.25) is 11.9 Å². The van der Waals surface area contributed by atoms with Crippen LogP contribution in [0.4, 0.5) is 19.1 Å². The molecule has 1 fully saturated rings. The second-order valence-corrected chi connectivity index (χ2v) is 7.11. The molecule has 7 heteroatoms. The Balaban J connectivity index is 2.04. The molecule has 0 aliphatic heterocycles. The van der Waals surface area contributed by atoms with Crippen molar-refractivity contribution in [3.05, 3.63) is 23.8 Å². The summed E-state index contributed by atoms with van der Waals surface area (Å²) in [6, 6.07) is 3.61. The lowest BCUT2D eigenvalue weighted by Crippen LogP contribution is -2.27. The zero-order valence-corrected chi connectivity index (χ0v) is 14.5. The Kier molecular flexibility index (Phi) is 4.51. The van der Waals surface area contributed by atoms with Crippen molar-refractivity contribution in [1.29, 1.82) is 0 Å². The van der Waals surface area contributed by atoms with Gasteiger partial charge in [0, 0.05) is 12.0 Å². The third-order valence-electron chi connectivity index (χ3n) is 5.11. The number of alkyl halides is 3. The van der Waals surface area contributed by atoms with Gasteiger partial charge in [-0.15, -0.1) is 0 Å². The monoisotopic (exact) mass is 353 g/mol. The van der Waals surface area contributed by atoms with Gasteiger partial charge in [-0.1, -0.05) is 20.8 Å². The minimum atomic E-state index is -4.40. The van der Waals surface area contributed by atoms with Gasteiger partial charge in [-0.05, 0) is 43.4 Å². The quantitative estimate of drug-likeness (QED) is 0.840. The molecule has 1 atom stereocenters. The van der Waals surface area contributed by atoms with Crippen LogP contribution >= 0.6 is 0 Å². The number of amides is 1. The van der Waals surface area contributed by atoms with Gasteiger partial charge in [-0.25, -0.2) is 4.98 Å². The number of aromatic nitrogens is 2. The van der Waals surface area contributed by atoms with E-state index in [1.807, 2.05) is 20.8 Å². The van der Waals surface area contributed by atoms with Crippen molar-refractivity contribution >= 4 is 22.9 Å². The van der Waals surface area contributed by atoms with Gasteiger partial charge in [0.1, 0.15) is 0 Å². The first-order valence-corrected chi connectivity index (χ1v) is 8.58. The first kappa shape index (κ1) is 17.8. The summed E-state index contributed by atoms with van der Waals surface area (Å²) in [5.41, 5.74) is 0.188. The summed E-state index contributed by atoms with van der Waals surface area (Å²) >= 11 is 0. The van der Waals surface area contributed by atoms with Crippen molar-refractivity contribution in [3.8, 4) is 0 Å². The number of anilines is 1. The van der Waals surface area contributed by atoms with Crippen LogP contribution in [0, 0.1) is 11.8 Å². The normalized spacial score (nSPS) is 16.9.